The average Bonchev–Trinajstić information content (AvgIpc) is 2.82. The summed E-state index contributed by atoms with van der Waals surface area (Å²) in [4.78, 5) is 28.4. The number of nitrogens with one attached hydrogen (secondary N) is 1. The molecule has 1 amide bonds. The number of aromatic hydroxyl groups is 1. The van der Waals surface area contributed by atoms with Crippen LogP contribution < -0.4 is 5.32 Å². The molecule has 0 saturated carbocycles. The summed E-state index contributed by atoms with van der Waals surface area (Å²) < 4.78 is 1.54. The quantitative estimate of drug-likeness (QED) is 0.720. The number of phenolic OH excluding ortho intramolecular Hbond substituents is 1. The number of hydrogen-bond donors (Lipinski definition) is 2. The highest BCUT2D eigenvalue weighted by molar-refractivity contribution is 9.11. The summed E-state index contributed by atoms with van der Waals surface area (Å²) in [5, 5.41) is 12.0. The van der Waals surface area contributed by atoms with Crippen LogP contribution in [0.15, 0.2) is 50.3 Å². The van der Waals surface area contributed by atoms with Crippen molar-refractivity contribution in [3.05, 3.63) is 56.5 Å². The smallest absolute Gasteiger partial charge is 0.274 e. The molecule has 0 unspecified atom stereocenters. The topological polar surface area (TPSA) is 78.8 Å². The highest BCUT2D eigenvalue weighted by atomic mass is 79.9. The third-order valence-electron chi connectivity index (χ3n) is 3.33. The number of nitrogens with zero attached hydrogens (tertiary/aromatic N) is 1. The highest BCUT2D eigenvalue weighted by Crippen LogP contribution is 2.34. The van der Waals surface area contributed by atoms with Crippen LogP contribution in [0.1, 0.15) is 15.9 Å². The maximum absolute atomic E-state index is 12.1. The van der Waals surface area contributed by atoms with Crippen molar-refractivity contribution in [2.24, 2.45) is 4.99 Å². The van der Waals surface area contributed by atoms with Crippen molar-refractivity contribution < 1.29 is 14.7 Å². The average molecular weight is 438 g/mol. The summed E-state index contributed by atoms with van der Waals surface area (Å²) in [6.07, 6.45) is 0. The Morgan fingerprint density at radius 1 is 1.17 bits per heavy atom. The second-order valence-electron chi connectivity index (χ2n) is 4.90. The van der Waals surface area contributed by atoms with Gasteiger partial charge in [0.1, 0.15) is 18.0 Å². The lowest BCUT2D eigenvalue weighted by atomic mass is 10.1. The predicted octanol–water partition coefficient (Wildman–Crippen LogP) is 3.54. The van der Waals surface area contributed by atoms with E-state index in [9.17, 15) is 14.7 Å². The number of ketones is 1. The molecule has 116 valence electrons. The van der Waals surface area contributed by atoms with Gasteiger partial charge in [-0.05, 0) is 52.3 Å². The fourth-order valence-electron chi connectivity index (χ4n) is 2.23. The second-order valence-corrected chi connectivity index (χ2v) is 6.67. The summed E-state index contributed by atoms with van der Waals surface area (Å²) >= 11 is 6.76. The Balaban J connectivity index is 1.88. The lowest BCUT2D eigenvalue weighted by Gasteiger charge is -2.02. The van der Waals surface area contributed by atoms with Crippen LogP contribution in [0.4, 0.5) is 5.69 Å². The molecule has 2 aromatic rings. The van der Waals surface area contributed by atoms with Crippen LogP contribution in [0.5, 0.6) is 5.75 Å². The van der Waals surface area contributed by atoms with Crippen LogP contribution in [-0.2, 0) is 4.79 Å². The van der Waals surface area contributed by atoms with Crippen molar-refractivity contribution in [2.75, 3.05) is 11.9 Å². The summed E-state index contributed by atoms with van der Waals surface area (Å²) in [5.41, 5.74) is 1.96. The maximum Gasteiger partial charge on any atom is 0.274 e. The van der Waals surface area contributed by atoms with Gasteiger partial charge >= 0.3 is 0 Å². The van der Waals surface area contributed by atoms with Gasteiger partial charge in [0.15, 0.2) is 5.78 Å². The van der Waals surface area contributed by atoms with Crippen molar-refractivity contribution in [3.63, 3.8) is 0 Å². The van der Waals surface area contributed by atoms with Crippen LogP contribution in [0.2, 0.25) is 0 Å². The molecule has 0 atom stereocenters. The first-order chi connectivity index (χ1) is 11.0. The first kappa shape index (κ1) is 15.9. The van der Waals surface area contributed by atoms with Gasteiger partial charge in [-0.2, -0.15) is 0 Å². The lowest BCUT2D eigenvalue weighted by molar-refractivity contribution is -0.110. The maximum atomic E-state index is 12.1. The van der Waals surface area contributed by atoms with E-state index >= 15 is 0 Å². The van der Waals surface area contributed by atoms with Crippen molar-refractivity contribution in [2.45, 2.75) is 0 Å². The molecule has 7 heteroatoms. The number of rotatable bonds is 3. The van der Waals surface area contributed by atoms with Gasteiger partial charge in [-0.1, -0.05) is 15.9 Å². The zero-order valence-electron chi connectivity index (χ0n) is 11.6. The summed E-state index contributed by atoms with van der Waals surface area (Å²) in [6.45, 7) is -0.142. The number of phenols is 1. The molecule has 1 heterocycles. The van der Waals surface area contributed by atoms with Crippen LogP contribution >= 0.6 is 31.9 Å². The molecule has 0 aliphatic carbocycles. The van der Waals surface area contributed by atoms with Crippen molar-refractivity contribution in [1.29, 1.82) is 0 Å². The van der Waals surface area contributed by atoms with E-state index in [1.807, 2.05) is 6.07 Å². The molecule has 1 aliphatic rings. The molecule has 1 aliphatic heterocycles. The standard InChI is InChI=1S/C16H10Br2N2O3/c17-9-5-11-14(12(18)6-9)20-16(23)15(11)19-7-13(22)8-1-3-10(21)4-2-8/h1-6,21H,7H2,(H,19,20,23). The molecule has 3 rings (SSSR count). The SMILES string of the molecule is O=C1Nc2c(Br)cc(Br)cc2C1=NCC(=O)c1ccc(O)cc1. The Kier molecular flexibility index (Phi) is 4.32. The fraction of sp³-hybridized carbons (Fsp3) is 0.0625. The van der Waals surface area contributed by atoms with Gasteiger partial charge < -0.3 is 10.4 Å². The van der Waals surface area contributed by atoms with Crippen molar-refractivity contribution >= 4 is 54.9 Å². The number of amides is 1. The Morgan fingerprint density at radius 3 is 2.57 bits per heavy atom. The molecule has 0 radical (unpaired) electrons. The van der Waals surface area contributed by atoms with Gasteiger partial charge in [0.25, 0.3) is 5.91 Å². The van der Waals surface area contributed by atoms with Gasteiger partial charge in [-0.15, -0.1) is 0 Å². The molecule has 23 heavy (non-hydrogen) atoms. The van der Waals surface area contributed by atoms with Gasteiger partial charge in [-0.3, -0.25) is 14.6 Å². The lowest BCUT2D eigenvalue weighted by Crippen LogP contribution is -2.16. The summed E-state index contributed by atoms with van der Waals surface area (Å²) in [5.74, 6) is -0.475. The Bertz CT molecular complexity index is 845. The highest BCUT2D eigenvalue weighted by Gasteiger charge is 2.28. The monoisotopic (exact) mass is 436 g/mol. The number of aliphatic imine (C=N–C) groups is 1. The van der Waals surface area contributed by atoms with Crippen LogP contribution in [0.25, 0.3) is 0 Å². The van der Waals surface area contributed by atoms with E-state index in [4.69, 9.17) is 0 Å². The van der Waals surface area contributed by atoms with Crippen LogP contribution in [0, 0.1) is 0 Å². The van der Waals surface area contributed by atoms with Crippen molar-refractivity contribution in [1.82, 2.24) is 0 Å². The number of anilines is 1. The summed E-state index contributed by atoms with van der Waals surface area (Å²) in [6, 6.07) is 9.52. The molecule has 0 spiro atoms. The molecule has 5 nitrogen and oxygen atoms in total. The van der Waals surface area contributed by atoms with Gasteiger partial charge in [-0.25, -0.2) is 0 Å². The third kappa shape index (κ3) is 3.20. The summed E-state index contributed by atoms with van der Waals surface area (Å²) in [7, 11) is 0. The molecular weight excluding hydrogens is 428 g/mol. The fourth-order valence-corrected chi connectivity index (χ4v) is 3.55. The predicted molar refractivity (Wildman–Crippen MR) is 94.3 cm³/mol. The normalized spacial score (nSPS) is 14.7. The molecule has 0 aromatic heterocycles. The number of carbonyl (C=O) groups is 2. The van der Waals surface area contributed by atoms with Gasteiger partial charge in [0.05, 0.1) is 5.69 Å². The first-order valence-electron chi connectivity index (χ1n) is 6.63. The van der Waals surface area contributed by atoms with E-state index in [1.165, 1.54) is 24.3 Å². The molecular formula is C16H10Br2N2O3. The van der Waals surface area contributed by atoms with E-state index in [2.05, 4.69) is 42.2 Å². The van der Waals surface area contributed by atoms with E-state index in [0.29, 0.717) is 16.8 Å². The zero-order valence-corrected chi connectivity index (χ0v) is 14.8. The second kappa shape index (κ2) is 6.25. The number of Topliss-reactive ketones (excluding diaryl/α,β-unsaturated/α-hetero) is 1. The minimum atomic E-state index is -0.336. The number of fused-ring (bicyclic) bond motifs is 1. The first-order valence-corrected chi connectivity index (χ1v) is 8.22. The van der Waals surface area contributed by atoms with Crippen LogP contribution in [-0.4, -0.2) is 29.1 Å². The number of benzene rings is 2. The zero-order chi connectivity index (χ0) is 16.6. The minimum absolute atomic E-state index is 0.0895. The molecule has 2 aromatic carbocycles. The Hall–Kier alpha value is -1.99. The van der Waals surface area contributed by atoms with E-state index in [0.717, 1.165) is 8.95 Å². The van der Waals surface area contributed by atoms with Gasteiger partial charge in [0, 0.05) is 20.1 Å². The molecule has 0 saturated heterocycles. The van der Waals surface area contributed by atoms with Gasteiger partial charge in [0.2, 0.25) is 0 Å². The van der Waals surface area contributed by atoms with Crippen LogP contribution in [0.3, 0.4) is 0 Å². The third-order valence-corrected chi connectivity index (χ3v) is 4.42. The van der Waals surface area contributed by atoms with Crippen molar-refractivity contribution in [3.8, 4) is 5.75 Å². The number of carbonyl (C=O) groups excluding carboxylic acids is 2. The number of hydrogen-bond acceptors (Lipinski definition) is 4. The van der Waals surface area contributed by atoms with E-state index < -0.39 is 0 Å². The Morgan fingerprint density at radius 2 is 1.87 bits per heavy atom. The number of halogens is 2. The molecule has 0 bridgehead atoms. The van der Waals surface area contributed by atoms with E-state index in [1.54, 1.807) is 6.07 Å². The largest absolute Gasteiger partial charge is 0.508 e. The molecule has 0 fully saturated rings. The minimum Gasteiger partial charge on any atom is -0.508 e. The van der Waals surface area contributed by atoms with E-state index in [-0.39, 0.29) is 29.7 Å². The Labute approximate surface area is 148 Å². The molecule has 2 N–H and O–H groups in total.